The van der Waals surface area contributed by atoms with Crippen LogP contribution in [0.5, 0.6) is 0 Å². The summed E-state index contributed by atoms with van der Waals surface area (Å²) in [6.45, 7) is 3.67. The van der Waals surface area contributed by atoms with E-state index in [1.807, 2.05) is 37.3 Å². The first-order valence-electron chi connectivity index (χ1n) is 5.98. The maximum atomic E-state index is 11.9. The number of nitrogens with one attached hydrogen (secondary N) is 1. The van der Waals surface area contributed by atoms with Crippen LogP contribution in [0, 0.1) is 6.92 Å². The highest BCUT2D eigenvalue weighted by atomic mass is 16.1. The van der Waals surface area contributed by atoms with Gasteiger partial charge in [0.25, 0.3) is 5.56 Å². The Hall–Kier alpha value is -1.94. The van der Waals surface area contributed by atoms with Crippen molar-refractivity contribution in [2.45, 2.75) is 26.3 Å². The molecule has 3 N–H and O–H groups in total. The van der Waals surface area contributed by atoms with Gasteiger partial charge in [-0.15, -0.1) is 0 Å². The molecule has 2 rings (SSSR count). The van der Waals surface area contributed by atoms with Gasteiger partial charge in [0.05, 0.1) is 5.69 Å². The average molecular weight is 243 g/mol. The van der Waals surface area contributed by atoms with E-state index >= 15 is 0 Å². The summed E-state index contributed by atoms with van der Waals surface area (Å²) in [5.74, 6) is 0.638. The van der Waals surface area contributed by atoms with Crippen molar-refractivity contribution in [3.8, 4) is 11.3 Å². The molecule has 2 aromatic rings. The predicted octanol–water partition coefficient (Wildman–Crippen LogP) is 1.64. The van der Waals surface area contributed by atoms with Gasteiger partial charge < -0.3 is 10.7 Å². The van der Waals surface area contributed by atoms with Crippen LogP contribution in [0.2, 0.25) is 0 Å². The number of H-pyrrole nitrogens is 1. The van der Waals surface area contributed by atoms with Gasteiger partial charge in [0.15, 0.2) is 0 Å². The standard InChI is InChI=1S/C14H17N3O/c1-9(15)8-12-16-13(10(2)14(18)17-12)11-6-4-3-5-7-11/h3-7,9H,8,15H2,1-2H3,(H,16,17,18). The minimum atomic E-state index is -0.0977. The predicted molar refractivity (Wildman–Crippen MR) is 72.4 cm³/mol. The van der Waals surface area contributed by atoms with E-state index in [-0.39, 0.29) is 11.6 Å². The molecular formula is C14H17N3O. The number of hydrogen-bond donors (Lipinski definition) is 2. The summed E-state index contributed by atoms with van der Waals surface area (Å²) in [7, 11) is 0. The second-order valence-electron chi connectivity index (χ2n) is 4.53. The minimum absolute atomic E-state index is 0.0283. The van der Waals surface area contributed by atoms with E-state index in [4.69, 9.17) is 5.73 Å². The first-order valence-corrected chi connectivity index (χ1v) is 5.98. The van der Waals surface area contributed by atoms with Gasteiger partial charge in [0.2, 0.25) is 0 Å². The molecular weight excluding hydrogens is 226 g/mol. The van der Waals surface area contributed by atoms with E-state index in [0.717, 1.165) is 11.3 Å². The normalized spacial score (nSPS) is 12.4. The van der Waals surface area contributed by atoms with Gasteiger partial charge in [0.1, 0.15) is 5.82 Å². The van der Waals surface area contributed by atoms with Crippen molar-refractivity contribution in [2.75, 3.05) is 0 Å². The van der Waals surface area contributed by atoms with Gasteiger partial charge in [-0.25, -0.2) is 4.98 Å². The van der Waals surface area contributed by atoms with E-state index in [1.54, 1.807) is 6.92 Å². The Kier molecular flexibility index (Phi) is 3.58. The molecule has 4 nitrogen and oxygen atoms in total. The Morgan fingerprint density at radius 3 is 2.61 bits per heavy atom. The fraction of sp³-hybridized carbons (Fsp3) is 0.286. The van der Waals surface area contributed by atoms with Crippen LogP contribution in [0.3, 0.4) is 0 Å². The Balaban J connectivity index is 2.53. The van der Waals surface area contributed by atoms with Crippen molar-refractivity contribution < 1.29 is 0 Å². The van der Waals surface area contributed by atoms with E-state index < -0.39 is 0 Å². The van der Waals surface area contributed by atoms with Gasteiger partial charge >= 0.3 is 0 Å². The third kappa shape index (κ3) is 2.65. The van der Waals surface area contributed by atoms with Crippen molar-refractivity contribution in [3.05, 3.63) is 52.1 Å². The van der Waals surface area contributed by atoms with Crippen LogP contribution in [0.1, 0.15) is 18.3 Å². The Morgan fingerprint density at radius 2 is 2.00 bits per heavy atom. The van der Waals surface area contributed by atoms with Crippen molar-refractivity contribution >= 4 is 0 Å². The fourth-order valence-electron chi connectivity index (χ4n) is 1.86. The van der Waals surface area contributed by atoms with Crippen molar-refractivity contribution in [2.24, 2.45) is 5.73 Å². The molecule has 0 spiro atoms. The zero-order valence-electron chi connectivity index (χ0n) is 10.6. The van der Waals surface area contributed by atoms with E-state index in [2.05, 4.69) is 9.97 Å². The molecule has 0 aliphatic heterocycles. The Labute approximate surface area is 106 Å². The summed E-state index contributed by atoms with van der Waals surface area (Å²) < 4.78 is 0. The molecule has 0 radical (unpaired) electrons. The number of benzene rings is 1. The summed E-state index contributed by atoms with van der Waals surface area (Å²) in [5.41, 5.74) is 7.96. The first-order chi connectivity index (χ1) is 8.58. The van der Waals surface area contributed by atoms with Crippen LogP contribution >= 0.6 is 0 Å². The molecule has 0 aliphatic carbocycles. The zero-order valence-corrected chi connectivity index (χ0v) is 10.6. The maximum Gasteiger partial charge on any atom is 0.254 e. The lowest BCUT2D eigenvalue weighted by Gasteiger charge is -2.09. The average Bonchev–Trinajstić information content (AvgIpc) is 2.34. The quantitative estimate of drug-likeness (QED) is 0.860. The number of hydrogen-bond acceptors (Lipinski definition) is 3. The fourth-order valence-corrected chi connectivity index (χ4v) is 1.86. The van der Waals surface area contributed by atoms with Gasteiger partial charge in [-0.1, -0.05) is 30.3 Å². The van der Waals surface area contributed by atoms with Crippen molar-refractivity contribution in [1.29, 1.82) is 0 Å². The molecule has 0 aliphatic rings. The lowest BCUT2D eigenvalue weighted by Crippen LogP contribution is -2.23. The van der Waals surface area contributed by atoms with Crippen molar-refractivity contribution in [3.63, 3.8) is 0 Å². The highest BCUT2D eigenvalue weighted by molar-refractivity contribution is 5.62. The topological polar surface area (TPSA) is 71.8 Å². The summed E-state index contributed by atoms with van der Waals surface area (Å²) in [6.07, 6.45) is 0.565. The van der Waals surface area contributed by atoms with Crippen LogP contribution < -0.4 is 11.3 Å². The largest absolute Gasteiger partial charge is 0.328 e. The molecule has 0 saturated carbocycles. The monoisotopic (exact) mass is 243 g/mol. The molecule has 1 unspecified atom stereocenters. The van der Waals surface area contributed by atoms with Crippen LogP contribution in [0.15, 0.2) is 35.1 Å². The number of aromatic amines is 1. The summed E-state index contributed by atoms with van der Waals surface area (Å²) >= 11 is 0. The number of nitrogens with zero attached hydrogens (tertiary/aromatic N) is 1. The lowest BCUT2D eigenvalue weighted by atomic mass is 10.1. The van der Waals surface area contributed by atoms with Gasteiger partial charge in [-0.3, -0.25) is 4.79 Å². The van der Waals surface area contributed by atoms with E-state index in [0.29, 0.717) is 17.8 Å². The van der Waals surface area contributed by atoms with E-state index in [1.165, 1.54) is 0 Å². The lowest BCUT2D eigenvalue weighted by molar-refractivity contribution is 0.698. The third-order valence-corrected chi connectivity index (χ3v) is 2.76. The van der Waals surface area contributed by atoms with Crippen LogP contribution in [0.4, 0.5) is 0 Å². The smallest absolute Gasteiger partial charge is 0.254 e. The molecule has 1 atom stereocenters. The number of aromatic nitrogens is 2. The third-order valence-electron chi connectivity index (χ3n) is 2.76. The molecule has 0 saturated heterocycles. The second-order valence-corrected chi connectivity index (χ2v) is 4.53. The molecule has 1 heterocycles. The molecule has 94 valence electrons. The van der Waals surface area contributed by atoms with Crippen LogP contribution in [0.25, 0.3) is 11.3 Å². The number of nitrogens with two attached hydrogens (primary N) is 1. The van der Waals surface area contributed by atoms with Crippen LogP contribution in [-0.4, -0.2) is 16.0 Å². The second kappa shape index (κ2) is 5.14. The molecule has 0 bridgehead atoms. The van der Waals surface area contributed by atoms with Crippen LogP contribution in [-0.2, 0) is 6.42 Å². The summed E-state index contributed by atoms with van der Waals surface area (Å²) in [4.78, 5) is 19.2. The first kappa shape index (κ1) is 12.5. The highest BCUT2D eigenvalue weighted by Gasteiger charge is 2.10. The maximum absolute atomic E-state index is 11.9. The summed E-state index contributed by atoms with van der Waals surface area (Å²) in [6, 6.07) is 9.68. The molecule has 4 heteroatoms. The molecule has 1 aromatic heterocycles. The van der Waals surface area contributed by atoms with Gasteiger partial charge in [-0.2, -0.15) is 0 Å². The zero-order chi connectivity index (χ0) is 13.1. The molecule has 1 aromatic carbocycles. The molecule has 0 fully saturated rings. The Morgan fingerprint density at radius 1 is 1.33 bits per heavy atom. The number of rotatable bonds is 3. The van der Waals surface area contributed by atoms with Gasteiger partial charge in [0, 0.05) is 23.6 Å². The SMILES string of the molecule is Cc1c(-c2ccccc2)nc(CC(C)N)[nH]c1=O. The van der Waals surface area contributed by atoms with E-state index in [9.17, 15) is 4.79 Å². The highest BCUT2D eigenvalue weighted by Crippen LogP contribution is 2.18. The summed E-state index contributed by atoms with van der Waals surface area (Å²) in [5, 5.41) is 0. The van der Waals surface area contributed by atoms with Gasteiger partial charge in [-0.05, 0) is 13.8 Å². The minimum Gasteiger partial charge on any atom is -0.328 e. The molecule has 0 amide bonds. The molecule has 18 heavy (non-hydrogen) atoms. The Bertz CT molecular complexity index is 588. The van der Waals surface area contributed by atoms with Crippen molar-refractivity contribution in [1.82, 2.24) is 9.97 Å².